The number of H-pyrrole nitrogens is 2. The minimum absolute atomic E-state index is 0.524. The van der Waals surface area contributed by atoms with Gasteiger partial charge in [-0.05, 0) is 48.6 Å². The van der Waals surface area contributed by atoms with Gasteiger partial charge in [0, 0.05) is 22.5 Å². The normalized spacial score (nSPS) is 14.8. The molecule has 4 aromatic carbocycles. The number of halogens is 20. The predicted molar refractivity (Wildman–Crippen MR) is 199 cm³/mol. The van der Waals surface area contributed by atoms with Gasteiger partial charge in [-0.15, -0.1) is 0 Å². The SMILES string of the molecule is O=C(c1ccc(/C(=C2/C=CC(C3=N/C(=C(/c4ccc(C(=O)c5c(F)c(F)c(F)c(F)c5F)[nH]4)c4c(F)c(F)c(F)c(F)c4F)C=C3)=N2)c2c(F)c(F)c(F)c(F)c2F)[nH]1)c1c(F)c(F)c(F)c(F)c1F. The van der Waals surface area contributed by atoms with Gasteiger partial charge in [0.2, 0.25) is 34.8 Å². The number of benzene rings is 4. The lowest BCUT2D eigenvalue weighted by Crippen LogP contribution is -2.14. The van der Waals surface area contributed by atoms with Crippen molar-refractivity contribution in [2.45, 2.75) is 0 Å². The number of aromatic nitrogens is 2. The van der Waals surface area contributed by atoms with Crippen LogP contribution in [0.2, 0.25) is 0 Å². The Hall–Kier alpha value is -8.32. The van der Waals surface area contributed by atoms with Crippen LogP contribution in [0.15, 0.2) is 69.9 Å². The van der Waals surface area contributed by atoms with Gasteiger partial charge in [0.25, 0.3) is 0 Å². The van der Waals surface area contributed by atoms with Crippen LogP contribution in [0.4, 0.5) is 87.8 Å². The van der Waals surface area contributed by atoms with E-state index in [9.17, 15) is 79.8 Å². The van der Waals surface area contributed by atoms with E-state index >= 15 is 17.6 Å². The van der Waals surface area contributed by atoms with Gasteiger partial charge >= 0.3 is 0 Å². The van der Waals surface area contributed by atoms with Crippen molar-refractivity contribution in [2.24, 2.45) is 9.98 Å². The Morgan fingerprint density at radius 1 is 0.286 bits per heavy atom. The number of nitrogens with zero attached hydrogens (tertiary/aromatic N) is 2. The molecule has 0 atom stereocenters. The molecule has 8 rings (SSSR count). The number of rotatable bonds is 9. The minimum atomic E-state index is -2.69. The van der Waals surface area contributed by atoms with Crippen molar-refractivity contribution in [3.05, 3.63) is 221 Å². The molecular formula is C44H10F20N4O2. The number of ketones is 2. The van der Waals surface area contributed by atoms with Crippen LogP contribution < -0.4 is 0 Å². The summed E-state index contributed by atoms with van der Waals surface area (Å²) in [7, 11) is 0. The van der Waals surface area contributed by atoms with Crippen molar-refractivity contribution in [1.82, 2.24) is 9.97 Å². The zero-order valence-electron chi connectivity index (χ0n) is 32.9. The van der Waals surface area contributed by atoms with Gasteiger partial charge in [0.1, 0.15) is 11.1 Å². The van der Waals surface area contributed by atoms with E-state index in [1.54, 1.807) is 0 Å². The van der Waals surface area contributed by atoms with E-state index in [0.717, 1.165) is 24.3 Å². The first-order chi connectivity index (χ1) is 32.9. The molecule has 0 fully saturated rings. The quantitative estimate of drug-likeness (QED) is 0.0654. The third-order valence-electron chi connectivity index (χ3n) is 10.2. The highest BCUT2D eigenvalue weighted by molar-refractivity contribution is 6.52. The average Bonchev–Trinajstić information content (AvgIpc) is 4.20. The van der Waals surface area contributed by atoms with E-state index in [0.29, 0.717) is 24.3 Å². The smallest absolute Gasteiger partial charge is 0.215 e. The van der Waals surface area contributed by atoms with Crippen LogP contribution in [0, 0.1) is 116 Å². The number of aromatic amines is 2. The van der Waals surface area contributed by atoms with E-state index in [1.807, 2.05) is 9.97 Å². The molecule has 0 saturated heterocycles. The highest BCUT2D eigenvalue weighted by atomic mass is 19.2. The number of nitrogens with one attached hydrogen (secondary N) is 2. The molecule has 2 aromatic heterocycles. The summed E-state index contributed by atoms with van der Waals surface area (Å²) in [6.07, 6.45) is 3.20. The molecule has 2 N–H and O–H groups in total. The highest BCUT2D eigenvalue weighted by Gasteiger charge is 2.36. The first-order valence-electron chi connectivity index (χ1n) is 18.5. The monoisotopic (exact) mass is 1010 g/mol. The van der Waals surface area contributed by atoms with Crippen molar-refractivity contribution in [3.8, 4) is 0 Å². The molecule has 0 radical (unpaired) electrons. The summed E-state index contributed by atoms with van der Waals surface area (Å²) in [5.41, 5.74) is -17.0. The minimum Gasteiger partial charge on any atom is -0.352 e. The molecule has 358 valence electrons. The number of carbonyl (C=O) groups is 2. The number of hydrogen-bond acceptors (Lipinski definition) is 4. The van der Waals surface area contributed by atoms with Crippen LogP contribution in [0.3, 0.4) is 0 Å². The Labute approximate surface area is 372 Å². The maximum Gasteiger partial charge on any atom is 0.215 e. The van der Waals surface area contributed by atoms with Crippen LogP contribution in [0.5, 0.6) is 0 Å². The average molecular weight is 1010 g/mol. The Bertz CT molecular complexity index is 3250. The molecule has 70 heavy (non-hydrogen) atoms. The lowest BCUT2D eigenvalue weighted by Gasteiger charge is -2.13. The van der Waals surface area contributed by atoms with Gasteiger partial charge in [-0.1, -0.05) is 0 Å². The second-order valence-corrected chi connectivity index (χ2v) is 14.2. The van der Waals surface area contributed by atoms with E-state index in [4.69, 9.17) is 0 Å². The fraction of sp³-hybridized carbons (Fsp3) is 0. The van der Waals surface area contributed by atoms with Gasteiger partial charge < -0.3 is 9.97 Å². The van der Waals surface area contributed by atoms with Gasteiger partial charge in [-0.2, -0.15) is 0 Å². The molecule has 26 heteroatoms. The van der Waals surface area contributed by atoms with Gasteiger partial charge in [0.15, 0.2) is 93.1 Å². The molecule has 0 spiro atoms. The molecule has 2 aliphatic heterocycles. The Kier molecular flexibility index (Phi) is 11.9. The molecule has 2 aliphatic rings. The van der Waals surface area contributed by atoms with E-state index in [-0.39, 0.29) is 0 Å². The maximum atomic E-state index is 15.5. The molecular weight excluding hydrogens is 996 g/mol. The fourth-order valence-electron chi connectivity index (χ4n) is 6.96. The first kappa shape index (κ1) is 48.1. The van der Waals surface area contributed by atoms with Crippen molar-refractivity contribution in [2.75, 3.05) is 0 Å². The van der Waals surface area contributed by atoms with E-state index in [2.05, 4.69) is 9.98 Å². The summed E-state index contributed by atoms with van der Waals surface area (Å²) in [6, 6.07) is 2.26. The Balaban J connectivity index is 1.30. The third-order valence-corrected chi connectivity index (χ3v) is 10.2. The summed E-state index contributed by atoms with van der Waals surface area (Å²) in [5.74, 6) is -56.1. The molecule has 0 saturated carbocycles. The second-order valence-electron chi connectivity index (χ2n) is 14.2. The van der Waals surface area contributed by atoms with Gasteiger partial charge in [-0.25, -0.2) is 97.8 Å². The van der Waals surface area contributed by atoms with E-state index < -0.39 is 207 Å². The second kappa shape index (κ2) is 17.3. The van der Waals surface area contributed by atoms with Crippen molar-refractivity contribution >= 4 is 34.1 Å². The topological polar surface area (TPSA) is 90.4 Å². The van der Waals surface area contributed by atoms with Crippen LogP contribution >= 0.6 is 0 Å². The fourth-order valence-corrected chi connectivity index (χ4v) is 6.96. The summed E-state index contributed by atoms with van der Waals surface area (Å²) in [6.45, 7) is 0. The van der Waals surface area contributed by atoms with Crippen LogP contribution in [0.1, 0.15) is 54.6 Å². The molecule has 6 nitrogen and oxygen atoms in total. The summed E-state index contributed by atoms with van der Waals surface area (Å²) >= 11 is 0. The van der Waals surface area contributed by atoms with Crippen molar-refractivity contribution in [3.63, 3.8) is 0 Å². The van der Waals surface area contributed by atoms with Crippen molar-refractivity contribution in [1.29, 1.82) is 0 Å². The van der Waals surface area contributed by atoms with Crippen LogP contribution in [-0.2, 0) is 0 Å². The third kappa shape index (κ3) is 7.31. The van der Waals surface area contributed by atoms with E-state index in [1.165, 1.54) is 0 Å². The van der Waals surface area contributed by atoms with Crippen LogP contribution in [-0.4, -0.2) is 33.0 Å². The Morgan fingerprint density at radius 3 is 0.757 bits per heavy atom. The number of hydrogen-bond donors (Lipinski definition) is 2. The highest BCUT2D eigenvalue weighted by Crippen LogP contribution is 2.40. The summed E-state index contributed by atoms with van der Waals surface area (Å²) in [5, 5.41) is 0. The molecule has 6 aromatic rings. The molecule has 0 bridgehead atoms. The Morgan fingerprint density at radius 2 is 0.500 bits per heavy atom. The molecule has 0 amide bonds. The zero-order valence-corrected chi connectivity index (χ0v) is 32.9. The lowest BCUT2D eigenvalue weighted by atomic mass is 9.98. The lowest BCUT2D eigenvalue weighted by molar-refractivity contribution is 0.101. The summed E-state index contributed by atoms with van der Waals surface area (Å²) in [4.78, 5) is 38.2. The molecule has 0 unspecified atom stereocenters. The molecule has 4 heterocycles. The number of allylic oxidation sites excluding steroid dienone is 4. The maximum absolute atomic E-state index is 15.5. The standard InChI is InChI=1S/C44H10F20N4O2/c45-23-19(24(46)32(54)39(61)31(23)53)17(13-5-7-15(67-13)43(69)21-27(49)35(57)41(63)36(58)28(21)50)11-3-1-9(65-11)10-2-4-12(66-10)18(20-25(47)33(55)40(62)34(56)26(20)48)14-6-8-16(68-14)44(70)22-29(51)37(59)42(64)38(60)30(22)52/h1-8,67-68H/b17-11-,18-12+. The van der Waals surface area contributed by atoms with Gasteiger partial charge in [-0.3, -0.25) is 9.59 Å². The largest absolute Gasteiger partial charge is 0.352 e. The summed E-state index contributed by atoms with van der Waals surface area (Å²) < 4.78 is 290. The van der Waals surface area contributed by atoms with Crippen molar-refractivity contribution < 1.29 is 97.4 Å². The molecule has 0 aliphatic carbocycles. The van der Waals surface area contributed by atoms with Gasteiger partial charge in [0.05, 0.1) is 45.3 Å². The first-order valence-corrected chi connectivity index (χ1v) is 18.5. The van der Waals surface area contributed by atoms with Crippen LogP contribution in [0.25, 0.3) is 11.1 Å². The number of aliphatic imine (C=N–C) groups is 2. The number of carbonyl (C=O) groups excluding carboxylic acids is 2. The zero-order chi connectivity index (χ0) is 51.3. The predicted octanol–water partition coefficient (Wildman–Crippen LogP) is 11.8.